The first-order valence-corrected chi connectivity index (χ1v) is 9.02. The topological polar surface area (TPSA) is 46.9 Å². The molecule has 2 aliphatic heterocycles. The summed E-state index contributed by atoms with van der Waals surface area (Å²) in [6.45, 7) is 5.27. The number of hydrogen-bond acceptors (Lipinski definition) is 4. The van der Waals surface area contributed by atoms with E-state index in [0.717, 1.165) is 24.2 Å². The van der Waals surface area contributed by atoms with Crippen molar-refractivity contribution in [3.05, 3.63) is 70.3 Å². The molecule has 0 aliphatic carbocycles. The summed E-state index contributed by atoms with van der Waals surface area (Å²) < 4.78 is 0. The highest BCUT2D eigenvalue weighted by Crippen LogP contribution is 2.34. The van der Waals surface area contributed by atoms with E-state index in [1.165, 1.54) is 16.7 Å². The minimum absolute atomic E-state index is 0.220. The van der Waals surface area contributed by atoms with Crippen LogP contribution in [0, 0.1) is 0 Å². The van der Waals surface area contributed by atoms with Gasteiger partial charge in [-0.25, -0.2) is 0 Å². The molecule has 2 aromatic rings. The van der Waals surface area contributed by atoms with E-state index in [1.54, 1.807) is 0 Å². The number of hydrogen-bond donors (Lipinski definition) is 2. The van der Waals surface area contributed by atoms with Crippen LogP contribution in [0.3, 0.4) is 0 Å². The highest BCUT2D eigenvalue weighted by atomic mass is 16.3. The van der Waals surface area contributed by atoms with Gasteiger partial charge in [-0.3, -0.25) is 9.80 Å². The van der Waals surface area contributed by atoms with E-state index >= 15 is 0 Å². The van der Waals surface area contributed by atoms with Crippen LogP contribution in [-0.4, -0.2) is 40.2 Å². The number of nitrogens with zero attached hydrogens (tertiary/aromatic N) is 2. The molecule has 4 rings (SSSR count). The highest BCUT2D eigenvalue weighted by molar-refractivity contribution is 5.37. The van der Waals surface area contributed by atoms with Crippen LogP contribution in [-0.2, 0) is 13.1 Å². The monoisotopic (exact) mass is 338 g/mol. The second-order valence-electron chi connectivity index (χ2n) is 7.49. The molecular weight excluding hydrogens is 312 g/mol. The van der Waals surface area contributed by atoms with Gasteiger partial charge in [-0.05, 0) is 41.8 Å². The molecule has 0 saturated carbocycles. The number of benzene rings is 2. The van der Waals surface area contributed by atoms with Crippen molar-refractivity contribution in [3.63, 3.8) is 0 Å². The molecule has 2 aliphatic rings. The van der Waals surface area contributed by atoms with E-state index in [-0.39, 0.29) is 6.04 Å². The number of aliphatic hydroxyl groups is 2. The first-order valence-electron chi connectivity index (χ1n) is 9.02. The third-order valence-electron chi connectivity index (χ3n) is 5.68. The number of likely N-dealkylation sites (N-methyl/N-ethyl adjacent to an activating group) is 1. The molecule has 2 N–H and O–H groups in total. The van der Waals surface area contributed by atoms with E-state index in [1.807, 2.05) is 25.2 Å². The maximum Gasteiger partial charge on any atom is 0.0920 e. The number of rotatable bonds is 2. The van der Waals surface area contributed by atoms with Gasteiger partial charge in [0.25, 0.3) is 0 Å². The third-order valence-corrected chi connectivity index (χ3v) is 5.68. The van der Waals surface area contributed by atoms with Crippen molar-refractivity contribution < 1.29 is 10.2 Å². The maximum absolute atomic E-state index is 10.5. The molecule has 0 amide bonds. The lowest BCUT2D eigenvalue weighted by Crippen LogP contribution is -2.36. The summed E-state index contributed by atoms with van der Waals surface area (Å²) in [5.74, 6) is 0. The molecule has 2 unspecified atom stereocenters. The van der Waals surface area contributed by atoms with Gasteiger partial charge in [-0.15, -0.1) is 0 Å². The second kappa shape index (κ2) is 6.54. The molecule has 0 bridgehead atoms. The molecule has 25 heavy (non-hydrogen) atoms. The Balaban J connectivity index is 1.60. The van der Waals surface area contributed by atoms with Crippen molar-refractivity contribution in [1.82, 2.24) is 9.80 Å². The highest BCUT2D eigenvalue weighted by Gasteiger charge is 2.28. The SMILES string of the molecule is C[C@H](c1ccc2c(c1)CN(C)CC2O)N1Cc2ccccc2C(O)C1. The zero-order chi connectivity index (χ0) is 17.6. The normalized spacial score (nSPS) is 25.3. The van der Waals surface area contributed by atoms with Gasteiger partial charge >= 0.3 is 0 Å². The molecule has 4 heteroatoms. The van der Waals surface area contributed by atoms with E-state index in [2.05, 4.69) is 41.0 Å². The predicted molar refractivity (Wildman–Crippen MR) is 98.0 cm³/mol. The van der Waals surface area contributed by atoms with E-state index < -0.39 is 12.2 Å². The fourth-order valence-electron chi connectivity index (χ4n) is 4.21. The van der Waals surface area contributed by atoms with Crippen molar-refractivity contribution in [2.45, 2.75) is 38.3 Å². The van der Waals surface area contributed by atoms with Crippen LogP contribution in [0.25, 0.3) is 0 Å². The minimum atomic E-state index is -0.432. The van der Waals surface area contributed by atoms with E-state index in [0.29, 0.717) is 13.1 Å². The van der Waals surface area contributed by atoms with Crippen molar-refractivity contribution in [1.29, 1.82) is 0 Å². The summed E-state index contributed by atoms with van der Waals surface area (Å²) in [5, 5.41) is 20.8. The van der Waals surface area contributed by atoms with Gasteiger partial charge in [0.1, 0.15) is 0 Å². The maximum atomic E-state index is 10.5. The molecule has 0 aromatic heterocycles. The summed E-state index contributed by atoms with van der Waals surface area (Å²) in [6.07, 6.45) is -0.834. The third kappa shape index (κ3) is 3.11. The molecule has 0 fully saturated rings. The Labute approximate surface area is 149 Å². The van der Waals surface area contributed by atoms with Gasteiger partial charge in [0.05, 0.1) is 12.2 Å². The van der Waals surface area contributed by atoms with E-state index in [4.69, 9.17) is 0 Å². The van der Waals surface area contributed by atoms with Gasteiger partial charge < -0.3 is 10.2 Å². The standard InChI is InChI=1S/C21H26N2O2/c1-14(23-11-16-5-3-4-6-18(16)21(25)13-23)15-7-8-19-17(9-15)10-22(2)12-20(19)24/h3-9,14,20-21,24-25H,10-13H2,1-2H3/t14-,20?,21?/m1/s1. The average Bonchev–Trinajstić information content (AvgIpc) is 2.60. The van der Waals surface area contributed by atoms with Crippen LogP contribution in [0.1, 0.15) is 53.0 Å². The fraction of sp³-hybridized carbons (Fsp3) is 0.429. The van der Waals surface area contributed by atoms with Crippen LogP contribution in [0.2, 0.25) is 0 Å². The molecule has 0 spiro atoms. The summed E-state index contributed by atoms with van der Waals surface area (Å²) in [4.78, 5) is 4.49. The van der Waals surface area contributed by atoms with Gasteiger partial charge in [0.15, 0.2) is 0 Å². The number of fused-ring (bicyclic) bond motifs is 2. The lowest BCUT2D eigenvalue weighted by Gasteiger charge is -2.37. The lowest BCUT2D eigenvalue weighted by atomic mass is 9.91. The molecule has 0 saturated heterocycles. The molecule has 3 atom stereocenters. The number of aliphatic hydroxyl groups excluding tert-OH is 2. The van der Waals surface area contributed by atoms with Crippen molar-refractivity contribution in [2.24, 2.45) is 0 Å². The van der Waals surface area contributed by atoms with Crippen molar-refractivity contribution in [2.75, 3.05) is 20.1 Å². The summed E-state index contributed by atoms with van der Waals surface area (Å²) in [6, 6.07) is 14.8. The van der Waals surface area contributed by atoms with Crippen molar-refractivity contribution in [3.8, 4) is 0 Å². The molecular formula is C21H26N2O2. The lowest BCUT2D eigenvalue weighted by molar-refractivity contribution is 0.0693. The zero-order valence-corrected chi connectivity index (χ0v) is 14.9. The van der Waals surface area contributed by atoms with Crippen LogP contribution >= 0.6 is 0 Å². The van der Waals surface area contributed by atoms with Gasteiger partial charge in [-0.1, -0.05) is 42.5 Å². The Morgan fingerprint density at radius 3 is 2.48 bits per heavy atom. The molecule has 132 valence electrons. The Morgan fingerprint density at radius 1 is 0.920 bits per heavy atom. The molecule has 4 nitrogen and oxygen atoms in total. The Morgan fingerprint density at radius 2 is 1.64 bits per heavy atom. The largest absolute Gasteiger partial charge is 0.387 e. The minimum Gasteiger partial charge on any atom is -0.387 e. The fourth-order valence-corrected chi connectivity index (χ4v) is 4.21. The zero-order valence-electron chi connectivity index (χ0n) is 14.9. The molecule has 2 heterocycles. The molecule has 2 aromatic carbocycles. The van der Waals surface area contributed by atoms with Crippen molar-refractivity contribution >= 4 is 0 Å². The Kier molecular flexibility index (Phi) is 4.38. The first-order chi connectivity index (χ1) is 12.0. The summed E-state index contributed by atoms with van der Waals surface area (Å²) in [5.41, 5.74) is 5.77. The van der Waals surface area contributed by atoms with Gasteiger partial charge in [0, 0.05) is 32.2 Å². The van der Waals surface area contributed by atoms with Gasteiger partial charge in [-0.2, -0.15) is 0 Å². The predicted octanol–water partition coefficient (Wildman–Crippen LogP) is 2.78. The quantitative estimate of drug-likeness (QED) is 0.884. The van der Waals surface area contributed by atoms with Crippen LogP contribution in [0.5, 0.6) is 0 Å². The smallest absolute Gasteiger partial charge is 0.0920 e. The Hall–Kier alpha value is -1.72. The van der Waals surface area contributed by atoms with E-state index in [9.17, 15) is 10.2 Å². The Bertz CT molecular complexity index is 776. The van der Waals surface area contributed by atoms with Crippen LogP contribution < -0.4 is 0 Å². The van der Waals surface area contributed by atoms with Crippen LogP contribution in [0.15, 0.2) is 42.5 Å². The second-order valence-corrected chi connectivity index (χ2v) is 7.49. The average molecular weight is 338 g/mol. The summed E-state index contributed by atoms with van der Waals surface area (Å²) >= 11 is 0. The van der Waals surface area contributed by atoms with Crippen LogP contribution in [0.4, 0.5) is 0 Å². The summed E-state index contributed by atoms with van der Waals surface area (Å²) in [7, 11) is 2.04. The molecule has 0 radical (unpaired) electrons. The van der Waals surface area contributed by atoms with Gasteiger partial charge in [0.2, 0.25) is 0 Å². The number of β-amino-alcohol motifs (C(OH)–C–C–N with tert-alkyl or cyclic N) is 2. The first kappa shape index (κ1) is 16.7.